The topological polar surface area (TPSA) is 66.4 Å². The van der Waals surface area contributed by atoms with Crippen molar-refractivity contribution in [1.29, 1.82) is 0 Å². The Bertz CT molecular complexity index is 665. The van der Waals surface area contributed by atoms with Crippen LogP contribution in [0.4, 0.5) is 0 Å². The Morgan fingerprint density at radius 3 is 2.76 bits per heavy atom. The summed E-state index contributed by atoms with van der Waals surface area (Å²) in [5, 5.41) is 3.45. The molecule has 1 N–H and O–H groups in total. The van der Waals surface area contributed by atoms with Crippen LogP contribution >= 0.6 is 11.8 Å². The number of morpholine rings is 1. The minimum atomic E-state index is -0.00750. The van der Waals surface area contributed by atoms with E-state index in [1.165, 1.54) is 4.90 Å². The Hall–Kier alpha value is -1.77. The highest BCUT2D eigenvalue weighted by Crippen LogP contribution is 2.21. The lowest BCUT2D eigenvalue weighted by Crippen LogP contribution is -2.53. The van der Waals surface area contributed by atoms with E-state index in [9.17, 15) is 4.79 Å². The van der Waals surface area contributed by atoms with Gasteiger partial charge < -0.3 is 24.6 Å². The Morgan fingerprint density at radius 2 is 2.03 bits per heavy atom. The normalized spacial score (nSPS) is 22.6. The molecular formula is C21H32N4O3S. The summed E-state index contributed by atoms with van der Waals surface area (Å²) in [5.74, 6) is 1.69. The molecule has 0 bridgehead atoms. The summed E-state index contributed by atoms with van der Waals surface area (Å²) in [4.78, 5) is 21.7. The van der Waals surface area contributed by atoms with E-state index in [2.05, 4.69) is 39.5 Å². The Labute approximate surface area is 177 Å². The summed E-state index contributed by atoms with van der Waals surface area (Å²) >= 11 is 1.80. The lowest BCUT2D eigenvalue weighted by atomic mass is 10.1. The monoisotopic (exact) mass is 420 g/mol. The third-order valence-electron chi connectivity index (χ3n) is 5.03. The van der Waals surface area contributed by atoms with Crippen LogP contribution in [0.1, 0.15) is 12.8 Å². The first-order chi connectivity index (χ1) is 14.1. The summed E-state index contributed by atoms with van der Waals surface area (Å²) in [6.45, 7) is 3.87. The molecule has 7 nitrogen and oxygen atoms in total. The van der Waals surface area contributed by atoms with E-state index in [-0.39, 0.29) is 24.7 Å². The Morgan fingerprint density at radius 1 is 1.24 bits per heavy atom. The number of nitrogens with one attached hydrogen (secondary N) is 1. The highest BCUT2D eigenvalue weighted by molar-refractivity contribution is 7.99. The molecular weight excluding hydrogens is 388 g/mol. The van der Waals surface area contributed by atoms with Crippen molar-refractivity contribution in [2.24, 2.45) is 4.99 Å². The van der Waals surface area contributed by atoms with Crippen molar-refractivity contribution in [3.05, 3.63) is 30.3 Å². The van der Waals surface area contributed by atoms with Crippen molar-refractivity contribution < 1.29 is 14.3 Å². The zero-order valence-corrected chi connectivity index (χ0v) is 18.2. The molecule has 2 fully saturated rings. The molecule has 2 saturated heterocycles. The summed E-state index contributed by atoms with van der Waals surface area (Å²) < 4.78 is 11.8. The van der Waals surface area contributed by atoms with Crippen LogP contribution in [-0.4, -0.2) is 93.1 Å². The van der Waals surface area contributed by atoms with Gasteiger partial charge in [-0.25, -0.2) is 4.99 Å². The molecule has 2 aliphatic rings. The average molecular weight is 421 g/mol. The van der Waals surface area contributed by atoms with E-state index in [0.717, 1.165) is 50.8 Å². The van der Waals surface area contributed by atoms with Crippen LogP contribution in [-0.2, 0) is 14.3 Å². The van der Waals surface area contributed by atoms with Crippen molar-refractivity contribution in [3.63, 3.8) is 0 Å². The number of carbonyl (C=O) groups is 1. The van der Waals surface area contributed by atoms with Gasteiger partial charge in [0.25, 0.3) is 0 Å². The molecule has 3 rings (SSSR count). The zero-order chi connectivity index (χ0) is 20.5. The van der Waals surface area contributed by atoms with Crippen LogP contribution < -0.4 is 5.32 Å². The first-order valence-corrected chi connectivity index (χ1v) is 11.3. The molecule has 2 aliphatic heterocycles. The van der Waals surface area contributed by atoms with Gasteiger partial charge in [0.1, 0.15) is 12.6 Å². The molecule has 0 spiro atoms. The number of likely N-dealkylation sites (N-methyl/N-ethyl adjacent to an activating group) is 1. The van der Waals surface area contributed by atoms with Crippen molar-refractivity contribution >= 4 is 23.6 Å². The SMILES string of the molecule is CN(C)C(=O)CN=C(NCCSc1ccccc1)N1CCOC(C2CCCO2)C1. The van der Waals surface area contributed by atoms with Crippen LogP contribution in [0.25, 0.3) is 0 Å². The van der Waals surface area contributed by atoms with Crippen LogP contribution in [0.3, 0.4) is 0 Å². The predicted octanol–water partition coefficient (Wildman–Crippen LogP) is 1.69. The van der Waals surface area contributed by atoms with E-state index in [1.807, 2.05) is 6.07 Å². The maximum atomic E-state index is 12.0. The van der Waals surface area contributed by atoms with Crippen molar-refractivity contribution in [3.8, 4) is 0 Å². The molecule has 29 heavy (non-hydrogen) atoms. The number of hydrogen-bond donors (Lipinski definition) is 1. The van der Waals surface area contributed by atoms with Crippen molar-refractivity contribution in [1.82, 2.24) is 15.1 Å². The quantitative estimate of drug-likeness (QED) is 0.313. The van der Waals surface area contributed by atoms with Crippen LogP contribution in [0, 0.1) is 0 Å². The van der Waals surface area contributed by atoms with E-state index in [1.54, 1.807) is 30.8 Å². The number of rotatable bonds is 7. The van der Waals surface area contributed by atoms with E-state index in [4.69, 9.17) is 9.47 Å². The molecule has 2 heterocycles. The third-order valence-corrected chi connectivity index (χ3v) is 6.05. The van der Waals surface area contributed by atoms with Gasteiger partial charge in [-0.15, -0.1) is 11.8 Å². The first-order valence-electron chi connectivity index (χ1n) is 10.3. The number of nitrogens with zero attached hydrogens (tertiary/aromatic N) is 3. The number of hydrogen-bond acceptors (Lipinski definition) is 5. The van der Waals surface area contributed by atoms with Gasteiger partial charge in [-0.3, -0.25) is 4.79 Å². The predicted molar refractivity (Wildman–Crippen MR) is 116 cm³/mol. The van der Waals surface area contributed by atoms with Gasteiger partial charge in [0.2, 0.25) is 5.91 Å². The number of benzene rings is 1. The van der Waals surface area contributed by atoms with Crippen LogP contribution in [0.15, 0.2) is 40.2 Å². The fraction of sp³-hybridized carbons (Fsp3) is 0.619. The van der Waals surface area contributed by atoms with Gasteiger partial charge in [-0.05, 0) is 25.0 Å². The van der Waals surface area contributed by atoms with Gasteiger partial charge in [0.15, 0.2) is 5.96 Å². The number of amides is 1. The van der Waals surface area contributed by atoms with Gasteiger partial charge in [0.05, 0.1) is 12.7 Å². The molecule has 1 aromatic carbocycles. The maximum absolute atomic E-state index is 12.0. The summed E-state index contributed by atoms with van der Waals surface area (Å²) in [6.07, 6.45) is 2.36. The van der Waals surface area contributed by atoms with Gasteiger partial charge >= 0.3 is 0 Å². The van der Waals surface area contributed by atoms with Gasteiger partial charge in [-0.1, -0.05) is 18.2 Å². The number of aliphatic imine (C=N–C) groups is 1. The molecule has 0 radical (unpaired) electrons. The molecule has 2 unspecified atom stereocenters. The second-order valence-corrected chi connectivity index (χ2v) is 8.59. The van der Waals surface area contributed by atoms with E-state index in [0.29, 0.717) is 6.61 Å². The number of thioether (sulfide) groups is 1. The fourth-order valence-corrected chi connectivity index (χ4v) is 4.18. The summed E-state index contributed by atoms with van der Waals surface area (Å²) in [6, 6.07) is 10.4. The highest BCUT2D eigenvalue weighted by atomic mass is 32.2. The maximum Gasteiger partial charge on any atom is 0.243 e. The zero-order valence-electron chi connectivity index (χ0n) is 17.4. The summed E-state index contributed by atoms with van der Waals surface area (Å²) in [5.41, 5.74) is 0. The fourth-order valence-electron chi connectivity index (χ4n) is 3.39. The molecule has 1 aromatic rings. The lowest BCUT2D eigenvalue weighted by Gasteiger charge is -2.37. The van der Waals surface area contributed by atoms with Gasteiger partial charge in [0, 0.05) is 51.0 Å². The van der Waals surface area contributed by atoms with E-state index >= 15 is 0 Å². The van der Waals surface area contributed by atoms with Crippen LogP contribution in [0.2, 0.25) is 0 Å². The Kier molecular flexibility index (Phi) is 8.64. The third kappa shape index (κ3) is 6.90. The minimum Gasteiger partial charge on any atom is -0.375 e. The molecule has 8 heteroatoms. The summed E-state index contributed by atoms with van der Waals surface area (Å²) in [7, 11) is 3.51. The first kappa shape index (κ1) is 21.9. The van der Waals surface area contributed by atoms with Crippen molar-refractivity contribution in [2.45, 2.75) is 29.9 Å². The smallest absolute Gasteiger partial charge is 0.243 e. The van der Waals surface area contributed by atoms with Crippen LogP contribution in [0.5, 0.6) is 0 Å². The number of guanidine groups is 1. The number of ether oxygens (including phenoxy) is 2. The highest BCUT2D eigenvalue weighted by Gasteiger charge is 2.32. The van der Waals surface area contributed by atoms with Gasteiger partial charge in [-0.2, -0.15) is 0 Å². The molecule has 0 aromatic heterocycles. The largest absolute Gasteiger partial charge is 0.375 e. The average Bonchev–Trinajstić information content (AvgIpc) is 3.29. The molecule has 0 aliphatic carbocycles. The standard InChI is InChI=1S/C21H32N4O3S/c1-24(2)20(26)15-23-21(22-10-14-29-17-7-4-3-5-8-17)25-11-13-28-19(16-25)18-9-6-12-27-18/h3-5,7-8,18-19H,6,9-16H2,1-2H3,(H,22,23). The Balaban J connectivity index is 1.57. The van der Waals surface area contributed by atoms with E-state index < -0.39 is 0 Å². The molecule has 1 amide bonds. The lowest BCUT2D eigenvalue weighted by molar-refractivity contribution is -0.127. The molecule has 160 valence electrons. The minimum absolute atomic E-state index is 0.00750. The second-order valence-electron chi connectivity index (χ2n) is 7.42. The van der Waals surface area contributed by atoms with Crippen molar-refractivity contribution in [2.75, 3.05) is 59.2 Å². The second kappa shape index (κ2) is 11.4. The molecule has 2 atom stereocenters. The number of carbonyl (C=O) groups excluding carboxylic acids is 1. The molecule has 0 saturated carbocycles.